The minimum atomic E-state index is -3.50. The average Bonchev–Trinajstić information content (AvgIpc) is 2.39. The summed E-state index contributed by atoms with van der Waals surface area (Å²) in [6.45, 7) is 2.14. The summed E-state index contributed by atoms with van der Waals surface area (Å²) in [5.41, 5.74) is 0.428. The number of halogens is 1. The quantitative estimate of drug-likeness (QED) is 0.896. The van der Waals surface area contributed by atoms with E-state index in [0.29, 0.717) is 23.7 Å². The first-order chi connectivity index (χ1) is 8.95. The molecule has 1 aromatic carbocycles. The first-order valence-corrected chi connectivity index (χ1v) is 7.85. The zero-order chi connectivity index (χ0) is 14.0. The van der Waals surface area contributed by atoms with Crippen LogP contribution < -0.4 is 0 Å². The summed E-state index contributed by atoms with van der Waals surface area (Å²) in [7, 11) is -1.53. The number of benzene rings is 1. The molecule has 1 heterocycles. The van der Waals surface area contributed by atoms with Gasteiger partial charge in [-0.1, -0.05) is 11.6 Å². The second kappa shape index (κ2) is 5.76. The summed E-state index contributed by atoms with van der Waals surface area (Å²) in [5, 5.41) is 9.53. The van der Waals surface area contributed by atoms with Crippen LogP contribution in [0.4, 0.5) is 0 Å². The molecule has 0 unspecified atom stereocenters. The van der Waals surface area contributed by atoms with Crippen molar-refractivity contribution in [1.82, 2.24) is 9.21 Å². The van der Waals surface area contributed by atoms with Crippen molar-refractivity contribution in [3.63, 3.8) is 0 Å². The molecule has 2 rings (SSSR count). The fraction of sp³-hybridized carbons (Fsp3) is 0.500. The van der Waals surface area contributed by atoms with Crippen molar-refractivity contribution in [2.75, 3.05) is 33.2 Å². The van der Waals surface area contributed by atoms with Crippen LogP contribution in [0.25, 0.3) is 0 Å². The molecule has 1 aliphatic heterocycles. The van der Waals surface area contributed by atoms with Crippen LogP contribution in [0.2, 0.25) is 5.02 Å². The Morgan fingerprint density at radius 1 is 1.26 bits per heavy atom. The second-order valence-corrected chi connectivity index (χ2v) is 6.96. The molecule has 0 bridgehead atoms. The number of aliphatic hydroxyl groups is 1. The maximum atomic E-state index is 12.5. The number of aliphatic hydroxyl groups excluding tert-OH is 1. The summed E-state index contributed by atoms with van der Waals surface area (Å²) in [6, 6.07) is 4.43. The van der Waals surface area contributed by atoms with Gasteiger partial charge in [-0.3, -0.25) is 0 Å². The van der Waals surface area contributed by atoms with Gasteiger partial charge in [0.2, 0.25) is 10.0 Å². The van der Waals surface area contributed by atoms with Crippen molar-refractivity contribution in [1.29, 1.82) is 0 Å². The van der Waals surface area contributed by atoms with Crippen molar-refractivity contribution in [2.24, 2.45) is 0 Å². The number of hydrogen-bond donors (Lipinski definition) is 1. The maximum absolute atomic E-state index is 12.5. The zero-order valence-electron chi connectivity index (χ0n) is 10.7. The Balaban J connectivity index is 2.29. The molecule has 0 radical (unpaired) electrons. The van der Waals surface area contributed by atoms with Gasteiger partial charge in [0, 0.05) is 31.2 Å². The first-order valence-electron chi connectivity index (χ1n) is 6.03. The Hall–Kier alpha value is -0.660. The van der Waals surface area contributed by atoms with Gasteiger partial charge in [0.1, 0.15) is 0 Å². The van der Waals surface area contributed by atoms with E-state index in [0.717, 1.165) is 13.1 Å². The van der Waals surface area contributed by atoms with Crippen LogP contribution in [0.15, 0.2) is 23.1 Å². The van der Waals surface area contributed by atoms with E-state index in [-0.39, 0.29) is 11.5 Å². The molecule has 0 aliphatic carbocycles. The Bertz CT molecular complexity index is 554. The average molecular weight is 305 g/mol. The van der Waals surface area contributed by atoms with Gasteiger partial charge in [-0.15, -0.1) is 0 Å². The molecule has 7 heteroatoms. The van der Waals surface area contributed by atoms with Gasteiger partial charge in [-0.2, -0.15) is 4.31 Å². The fourth-order valence-corrected chi connectivity index (χ4v) is 3.66. The van der Waals surface area contributed by atoms with E-state index in [2.05, 4.69) is 4.90 Å². The van der Waals surface area contributed by atoms with Crippen LogP contribution in [0, 0.1) is 0 Å². The van der Waals surface area contributed by atoms with Gasteiger partial charge in [0.25, 0.3) is 0 Å². The van der Waals surface area contributed by atoms with Gasteiger partial charge >= 0.3 is 0 Å². The molecule has 5 nitrogen and oxygen atoms in total. The third-order valence-electron chi connectivity index (χ3n) is 3.29. The van der Waals surface area contributed by atoms with Crippen molar-refractivity contribution >= 4 is 21.6 Å². The van der Waals surface area contributed by atoms with E-state index < -0.39 is 10.0 Å². The van der Waals surface area contributed by atoms with Gasteiger partial charge in [0.05, 0.1) is 11.5 Å². The monoisotopic (exact) mass is 304 g/mol. The summed E-state index contributed by atoms with van der Waals surface area (Å²) >= 11 is 5.88. The van der Waals surface area contributed by atoms with Crippen molar-refractivity contribution in [3.8, 4) is 0 Å². The van der Waals surface area contributed by atoms with Gasteiger partial charge < -0.3 is 10.0 Å². The van der Waals surface area contributed by atoms with Crippen LogP contribution in [-0.4, -0.2) is 56.0 Å². The summed E-state index contributed by atoms with van der Waals surface area (Å²) in [5.74, 6) is 0. The standard InChI is InChI=1S/C12H17ClN2O3S/c1-14-4-6-15(7-5-14)19(17,18)11-2-3-12(13)10(8-11)9-16/h2-3,8,16H,4-7,9H2,1H3. The molecule has 106 valence electrons. The summed E-state index contributed by atoms with van der Waals surface area (Å²) in [4.78, 5) is 2.28. The van der Waals surface area contributed by atoms with Crippen LogP contribution in [0.1, 0.15) is 5.56 Å². The van der Waals surface area contributed by atoms with Crippen LogP contribution in [0.5, 0.6) is 0 Å². The predicted molar refractivity (Wildman–Crippen MR) is 73.6 cm³/mol. The smallest absolute Gasteiger partial charge is 0.243 e. The molecule has 1 aromatic rings. The number of piperazine rings is 1. The normalized spacial score (nSPS) is 18.7. The molecular formula is C12H17ClN2O3S. The summed E-state index contributed by atoms with van der Waals surface area (Å²) < 4.78 is 26.4. The molecule has 1 fully saturated rings. The van der Waals surface area contributed by atoms with E-state index in [9.17, 15) is 8.42 Å². The van der Waals surface area contributed by atoms with E-state index in [1.54, 1.807) is 0 Å². The molecule has 1 saturated heterocycles. The lowest BCUT2D eigenvalue weighted by atomic mass is 10.2. The molecule has 0 amide bonds. The van der Waals surface area contributed by atoms with E-state index >= 15 is 0 Å². The highest BCUT2D eigenvalue weighted by Crippen LogP contribution is 2.23. The largest absolute Gasteiger partial charge is 0.392 e. The Morgan fingerprint density at radius 3 is 2.47 bits per heavy atom. The van der Waals surface area contributed by atoms with Gasteiger partial charge in [0.15, 0.2) is 0 Å². The third-order valence-corrected chi connectivity index (χ3v) is 5.55. The highest BCUT2D eigenvalue weighted by Gasteiger charge is 2.27. The second-order valence-electron chi connectivity index (χ2n) is 4.62. The molecule has 0 spiro atoms. The molecule has 19 heavy (non-hydrogen) atoms. The number of rotatable bonds is 3. The molecule has 1 N–H and O–H groups in total. The molecule has 0 saturated carbocycles. The van der Waals surface area contributed by atoms with Crippen LogP contribution >= 0.6 is 11.6 Å². The minimum Gasteiger partial charge on any atom is -0.392 e. The van der Waals surface area contributed by atoms with Crippen LogP contribution in [0.3, 0.4) is 0 Å². The maximum Gasteiger partial charge on any atom is 0.243 e. The number of likely N-dealkylation sites (N-methyl/N-ethyl adjacent to an activating group) is 1. The molecular weight excluding hydrogens is 288 g/mol. The van der Waals surface area contributed by atoms with Crippen LogP contribution in [-0.2, 0) is 16.6 Å². The van der Waals surface area contributed by atoms with E-state index in [1.807, 2.05) is 7.05 Å². The van der Waals surface area contributed by atoms with Crippen molar-refractivity contribution < 1.29 is 13.5 Å². The number of nitrogens with zero attached hydrogens (tertiary/aromatic N) is 2. The highest BCUT2D eigenvalue weighted by atomic mass is 35.5. The Morgan fingerprint density at radius 2 is 1.89 bits per heavy atom. The lowest BCUT2D eigenvalue weighted by Crippen LogP contribution is -2.47. The van der Waals surface area contributed by atoms with E-state index in [4.69, 9.17) is 16.7 Å². The molecule has 0 aromatic heterocycles. The zero-order valence-corrected chi connectivity index (χ0v) is 12.3. The third kappa shape index (κ3) is 3.09. The SMILES string of the molecule is CN1CCN(S(=O)(=O)c2ccc(Cl)c(CO)c2)CC1. The lowest BCUT2D eigenvalue weighted by Gasteiger charge is -2.31. The highest BCUT2D eigenvalue weighted by molar-refractivity contribution is 7.89. The number of hydrogen-bond acceptors (Lipinski definition) is 4. The fourth-order valence-electron chi connectivity index (χ4n) is 2.01. The Kier molecular flexibility index (Phi) is 4.47. The molecule has 0 atom stereocenters. The van der Waals surface area contributed by atoms with Crippen molar-refractivity contribution in [3.05, 3.63) is 28.8 Å². The number of sulfonamides is 1. The van der Waals surface area contributed by atoms with Crippen molar-refractivity contribution in [2.45, 2.75) is 11.5 Å². The minimum absolute atomic E-state index is 0.186. The van der Waals surface area contributed by atoms with Gasteiger partial charge in [-0.25, -0.2) is 8.42 Å². The topological polar surface area (TPSA) is 60.9 Å². The first kappa shape index (κ1) is 14.7. The van der Waals surface area contributed by atoms with Gasteiger partial charge in [-0.05, 0) is 30.8 Å². The Labute approximate surface area is 118 Å². The molecule has 1 aliphatic rings. The predicted octanol–water partition coefficient (Wildman–Crippen LogP) is 0.768. The summed E-state index contributed by atoms with van der Waals surface area (Å²) in [6.07, 6.45) is 0. The lowest BCUT2D eigenvalue weighted by molar-refractivity contribution is 0.222. The van der Waals surface area contributed by atoms with E-state index in [1.165, 1.54) is 22.5 Å².